The summed E-state index contributed by atoms with van der Waals surface area (Å²) < 4.78 is 26.1. The highest BCUT2D eigenvalue weighted by atomic mass is 32.2. The molecule has 2 rings (SSSR count). The number of aryl methyl sites for hydroxylation is 1. The summed E-state index contributed by atoms with van der Waals surface area (Å²) in [6.45, 7) is 3.96. The van der Waals surface area contributed by atoms with Gasteiger partial charge in [0.2, 0.25) is 15.9 Å². The standard InChI is InChI=1S/C17H19N3O3S/c1-3-19-24(22,23)15-8-5-14(6-9-15)7-11-17(21)20-16-10-4-13(2)12-18-16/h4-12,19H,3H2,1-2H3,(H,18,20,21). The van der Waals surface area contributed by atoms with Gasteiger partial charge in [-0.1, -0.05) is 25.1 Å². The molecule has 0 fully saturated rings. The highest BCUT2D eigenvalue weighted by Gasteiger charge is 2.11. The first kappa shape index (κ1) is 17.8. The molecule has 2 aromatic rings. The maximum atomic E-state index is 11.8. The van der Waals surface area contributed by atoms with Crippen molar-refractivity contribution >= 4 is 27.8 Å². The molecule has 1 heterocycles. The van der Waals surface area contributed by atoms with E-state index in [1.165, 1.54) is 18.2 Å². The molecule has 1 amide bonds. The van der Waals surface area contributed by atoms with Crippen LogP contribution in [0.2, 0.25) is 0 Å². The smallest absolute Gasteiger partial charge is 0.249 e. The molecule has 0 unspecified atom stereocenters. The first-order valence-corrected chi connectivity index (χ1v) is 8.90. The van der Waals surface area contributed by atoms with E-state index in [2.05, 4.69) is 15.0 Å². The highest BCUT2D eigenvalue weighted by Crippen LogP contribution is 2.11. The lowest BCUT2D eigenvalue weighted by atomic mass is 10.2. The van der Waals surface area contributed by atoms with Gasteiger partial charge in [0.1, 0.15) is 5.82 Å². The third kappa shape index (κ3) is 5.00. The van der Waals surface area contributed by atoms with Crippen LogP contribution in [0.25, 0.3) is 6.08 Å². The molecule has 24 heavy (non-hydrogen) atoms. The molecular formula is C17H19N3O3S. The van der Waals surface area contributed by atoms with E-state index in [1.807, 2.05) is 13.0 Å². The van der Waals surface area contributed by atoms with Crippen LogP contribution in [-0.2, 0) is 14.8 Å². The summed E-state index contributed by atoms with van der Waals surface area (Å²) in [6.07, 6.45) is 4.64. The van der Waals surface area contributed by atoms with Gasteiger partial charge in [0.25, 0.3) is 0 Å². The van der Waals surface area contributed by atoms with E-state index in [9.17, 15) is 13.2 Å². The Morgan fingerprint density at radius 2 is 1.88 bits per heavy atom. The molecule has 0 saturated heterocycles. The molecule has 0 aliphatic carbocycles. The SMILES string of the molecule is CCNS(=O)(=O)c1ccc(C=CC(=O)Nc2ccc(C)cn2)cc1. The number of hydrogen-bond donors (Lipinski definition) is 2. The van der Waals surface area contributed by atoms with Gasteiger partial charge in [-0.2, -0.15) is 0 Å². The second-order valence-corrected chi connectivity index (χ2v) is 6.88. The largest absolute Gasteiger partial charge is 0.307 e. The number of hydrogen-bond acceptors (Lipinski definition) is 4. The van der Waals surface area contributed by atoms with Gasteiger partial charge in [-0.05, 0) is 42.3 Å². The molecule has 0 saturated carbocycles. The fourth-order valence-electron chi connectivity index (χ4n) is 1.91. The Labute approximate surface area is 141 Å². The van der Waals surface area contributed by atoms with Gasteiger partial charge in [0.15, 0.2) is 0 Å². The maximum absolute atomic E-state index is 11.8. The number of nitrogens with zero attached hydrogens (tertiary/aromatic N) is 1. The quantitative estimate of drug-likeness (QED) is 0.787. The van der Waals surface area contributed by atoms with Crippen LogP contribution in [0, 0.1) is 6.92 Å². The molecule has 0 spiro atoms. The molecule has 0 atom stereocenters. The summed E-state index contributed by atoms with van der Waals surface area (Å²) in [5, 5.41) is 2.65. The first-order chi connectivity index (χ1) is 11.4. The Morgan fingerprint density at radius 3 is 2.46 bits per heavy atom. The molecule has 0 radical (unpaired) electrons. The van der Waals surface area contributed by atoms with Gasteiger partial charge in [-0.15, -0.1) is 0 Å². The summed E-state index contributed by atoms with van der Waals surface area (Å²) in [5.41, 5.74) is 1.73. The van der Waals surface area contributed by atoms with Gasteiger partial charge in [0.05, 0.1) is 4.90 Å². The molecule has 1 aromatic heterocycles. The fourth-order valence-corrected chi connectivity index (χ4v) is 2.95. The summed E-state index contributed by atoms with van der Waals surface area (Å²) in [7, 11) is -3.46. The molecule has 0 aliphatic heterocycles. The third-order valence-electron chi connectivity index (χ3n) is 3.11. The third-order valence-corrected chi connectivity index (χ3v) is 4.68. The molecule has 0 aliphatic rings. The Bertz CT molecular complexity index is 826. The monoisotopic (exact) mass is 345 g/mol. The van der Waals surface area contributed by atoms with Crippen LogP contribution in [0.1, 0.15) is 18.1 Å². The van der Waals surface area contributed by atoms with Crippen molar-refractivity contribution in [2.75, 3.05) is 11.9 Å². The predicted octanol–water partition coefficient (Wildman–Crippen LogP) is 2.34. The Balaban J connectivity index is 2.01. The predicted molar refractivity (Wildman–Crippen MR) is 93.9 cm³/mol. The molecule has 7 heteroatoms. The van der Waals surface area contributed by atoms with E-state index >= 15 is 0 Å². The minimum atomic E-state index is -3.46. The van der Waals surface area contributed by atoms with Crippen molar-refractivity contribution in [3.63, 3.8) is 0 Å². The van der Waals surface area contributed by atoms with Gasteiger partial charge in [-0.25, -0.2) is 18.1 Å². The lowest BCUT2D eigenvalue weighted by Gasteiger charge is -2.04. The first-order valence-electron chi connectivity index (χ1n) is 7.42. The number of carbonyl (C=O) groups is 1. The topological polar surface area (TPSA) is 88.2 Å². The summed E-state index contributed by atoms with van der Waals surface area (Å²) in [6, 6.07) is 9.85. The molecule has 0 bridgehead atoms. The number of amides is 1. The number of rotatable bonds is 6. The normalized spacial score (nSPS) is 11.6. The molecule has 1 aromatic carbocycles. The highest BCUT2D eigenvalue weighted by molar-refractivity contribution is 7.89. The number of aromatic nitrogens is 1. The van der Waals surface area contributed by atoms with Crippen LogP contribution in [-0.4, -0.2) is 25.9 Å². The Hall–Kier alpha value is -2.51. The Morgan fingerprint density at radius 1 is 1.17 bits per heavy atom. The van der Waals surface area contributed by atoms with Crippen LogP contribution in [0.4, 0.5) is 5.82 Å². The minimum absolute atomic E-state index is 0.190. The van der Waals surface area contributed by atoms with E-state index in [1.54, 1.807) is 37.4 Å². The summed E-state index contributed by atoms with van der Waals surface area (Å²) in [5.74, 6) is 0.165. The van der Waals surface area contributed by atoms with Gasteiger partial charge < -0.3 is 5.32 Å². The van der Waals surface area contributed by atoms with Crippen LogP contribution in [0.3, 0.4) is 0 Å². The second-order valence-electron chi connectivity index (χ2n) is 5.11. The average Bonchev–Trinajstić information content (AvgIpc) is 2.55. The number of anilines is 1. The van der Waals surface area contributed by atoms with E-state index in [0.29, 0.717) is 12.4 Å². The van der Waals surface area contributed by atoms with Gasteiger partial charge in [-0.3, -0.25) is 4.79 Å². The average molecular weight is 345 g/mol. The van der Waals surface area contributed by atoms with Gasteiger partial charge in [0, 0.05) is 18.8 Å². The number of nitrogens with one attached hydrogen (secondary N) is 2. The van der Waals surface area contributed by atoms with Crippen LogP contribution in [0.5, 0.6) is 0 Å². The molecule has 126 valence electrons. The van der Waals surface area contributed by atoms with Gasteiger partial charge >= 0.3 is 0 Å². The zero-order valence-electron chi connectivity index (χ0n) is 13.5. The van der Waals surface area contributed by atoms with E-state index in [-0.39, 0.29) is 10.8 Å². The van der Waals surface area contributed by atoms with Crippen LogP contribution < -0.4 is 10.0 Å². The molecule has 2 N–H and O–H groups in total. The van der Waals surface area contributed by atoms with Crippen molar-refractivity contribution in [3.8, 4) is 0 Å². The molecule has 6 nitrogen and oxygen atoms in total. The van der Waals surface area contributed by atoms with E-state index in [0.717, 1.165) is 11.1 Å². The minimum Gasteiger partial charge on any atom is -0.307 e. The number of carbonyl (C=O) groups excluding carboxylic acids is 1. The number of sulfonamides is 1. The molecular weight excluding hydrogens is 326 g/mol. The van der Waals surface area contributed by atoms with Crippen molar-refractivity contribution in [2.24, 2.45) is 0 Å². The summed E-state index contributed by atoms with van der Waals surface area (Å²) >= 11 is 0. The second kappa shape index (κ2) is 7.85. The van der Waals surface area contributed by atoms with Crippen molar-refractivity contribution in [2.45, 2.75) is 18.7 Å². The van der Waals surface area contributed by atoms with Crippen molar-refractivity contribution in [1.82, 2.24) is 9.71 Å². The van der Waals surface area contributed by atoms with Crippen molar-refractivity contribution in [3.05, 3.63) is 59.8 Å². The zero-order valence-corrected chi connectivity index (χ0v) is 14.3. The number of benzene rings is 1. The zero-order chi connectivity index (χ0) is 17.6. The van der Waals surface area contributed by atoms with E-state index < -0.39 is 10.0 Å². The summed E-state index contributed by atoms with van der Waals surface area (Å²) in [4.78, 5) is 16.1. The fraction of sp³-hybridized carbons (Fsp3) is 0.176. The lowest BCUT2D eigenvalue weighted by molar-refractivity contribution is -0.111. The Kier molecular flexibility index (Phi) is 5.83. The maximum Gasteiger partial charge on any atom is 0.249 e. The van der Waals surface area contributed by atoms with Crippen molar-refractivity contribution in [1.29, 1.82) is 0 Å². The lowest BCUT2D eigenvalue weighted by Crippen LogP contribution is -2.22. The van der Waals surface area contributed by atoms with E-state index in [4.69, 9.17) is 0 Å². The van der Waals surface area contributed by atoms with Crippen LogP contribution >= 0.6 is 0 Å². The number of pyridine rings is 1. The van der Waals surface area contributed by atoms with Crippen molar-refractivity contribution < 1.29 is 13.2 Å². The van der Waals surface area contributed by atoms with Crippen LogP contribution in [0.15, 0.2) is 53.6 Å².